The first kappa shape index (κ1) is 63.5. The Bertz CT molecular complexity index is 4290. The number of nitrogens with one attached hydrogen (secondary N) is 6. The van der Waals surface area contributed by atoms with Crippen molar-refractivity contribution in [1.82, 2.24) is 31.9 Å². The molecule has 0 aromatic heterocycles. The fourth-order valence-corrected chi connectivity index (χ4v) is 11.4. The lowest BCUT2D eigenvalue weighted by Gasteiger charge is -2.31. The summed E-state index contributed by atoms with van der Waals surface area (Å²) < 4.78 is 30.1. The summed E-state index contributed by atoms with van der Waals surface area (Å²) in [5, 5.41) is 104. The summed E-state index contributed by atoms with van der Waals surface area (Å²) >= 11 is 13.9. The highest BCUT2D eigenvalue weighted by atomic mass is 35.5. The highest BCUT2D eigenvalue weighted by Gasteiger charge is 2.42. The lowest BCUT2D eigenvalue weighted by atomic mass is 9.89. The van der Waals surface area contributed by atoms with Crippen molar-refractivity contribution in [2.45, 2.75) is 67.3 Å². The van der Waals surface area contributed by atoms with Crippen LogP contribution in [0, 0.1) is 0 Å². The summed E-state index contributed by atoms with van der Waals surface area (Å²) in [5.74, 6) is -16.2. The van der Waals surface area contributed by atoms with E-state index in [1.54, 1.807) is 0 Å². The number of aliphatic hydroxyl groups is 2. The number of amides is 6. The van der Waals surface area contributed by atoms with Gasteiger partial charge in [-0.2, -0.15) is 0 Å². The lowest BCUT2D eigenvalue weighted by Crippen LogP contribution is -2.55. The number of rotatable bonds is 6. The molecule has 0 fully saturated rings. The number of carboxylic acids is 1. The van der Waals surface area contributed by atoms with E-state index in [0.29, 0.717) is 0 Å². The van der Waals surface area contributed by atoms with Gasteiger partial charge in [-0.3, -0.25) is 28.8 Å². The number of carbonyl (C=O) groups excluding carboxylic acids is 7. The molecule has 0 aliphatic carbocycles. The number of fused-ring (bicyclic) bond motifs is 14. The number of phenols is 5. The van der Waals surface area contributed by atoms with E-state index in [4.69, 9.17) is 52.6 Å². The van der Waals surface area contributed by atoms with E-state index in [0.717, 1.165) is 73.8 Å². The highest BCUT2D eigenvalue weighted by Crippen LogP contribution is 2.49. The molecule has 16 N–H and O–H groups in total. The second kappa shape index (κ2) is 25.7. The maximum Gasteiger partial charge on any atom is 0.344 e. The van der Waals surface area contributed by atoms with E-state index in [9.17, 15) is 60.0 Å². The van der Waals surface area contributed by atoms with E-state index in [1.165, 1.54) is 48.5 Å². The standard InChI is InChI=1S/C63H53Cl2N7O21/c1-89-63(88)52-34-22-31(75)23-40(78)47(34)33-16-26(4-6-38(33)76)49-58(82)72-53(61(85)71-52)54(79)27-5-9-42(36(65)17-27)92-46-20-29-19-45(55(46)93-43(10-11-73)62(86)87)91-41-8-2-24(12-35(41)64)13-37-56(80)68-50(59(83)70-51(29)60(84)69-49)28-14-30(74)21-32(15-28)90-44-18-25(3-7-39(44)77)48(66)57(81)67-37/h2-9,12,14-23,37,43,48-54,73-79H,10-11,13,66H2,1H3,(H,67,81)(H,68,80)(H,69,84)(H,70,83)(H,71,85)(H,72,82)(H,86,87)/t37-,43?,48-,49-,50+,51-,52-,53+,54-/m1/s1. The van der Waals surface area contributed by atoms with Gasteiger partial charge in [0.2, 0.25) is 41.2 Å². The average Bonchev–Trinajstić information content (AvgIpc) is 0.783. The highest BCUT2D eigenvalue weighted by molar-refractivity contribution is 6.32. The van der Waals surface area contributed by atoms with Crippen LogP contribution < -0.4 is 56.6 Å². The number of nitrogens with two attached hydrogens (primary N) is 1. The zero-order valence-corrected chi connectivity index (χ0v) is 49.5. The third-order valence-electron chi connectivity index (χ3n) is 15.5. The molecule has 13 rings (SSSR count). The number of methoxy groups -OCH3 is 1. The summed E-state index contributed by atoms with van der Waals surface area (Å²) in [7, 11) is 0.947. The van der Waals surface area contributed by atoms with E-state index in [-0.39, 0.29) is 66.4 Å². The van der Waals surface area contributed by atoms with Gasteiger partial charge < -0.3 is 102 Å². The average molecular weight is 1320 g/mol. The van der Waals surface area contributed by atoms with Crippen LogP contribution in [0.25, 0.3) is 11.1 Å². The molecular formula is C63H53Cl2N7O21. The minimum absolute atomic E-state index is 0.0926. The Morgan fingerprint density at radius 2 is 1.17 bits per heavy atom. The topological polar surface area (TPSA) is 443 Å². The van der Waals surface area contributed by atoms with Gasteiger partial charge in [-0.25, -0.2) is 9.59 Å². The maximum absolute atomic E-state index is 16.0. The molecule has 28 nitrogen and oxygen atoms in total. The summed E-state index contributed by atoms with van der Waals surface area (Å²) in [6.45, 7) is -0.747. The molecular weight excluding hydrogens is 1260 g/mol. The zero-order valence-electron chi connectivity index (χ0n) is 48.0. The molecule has 93 heavy (non-hydrogen) atoms. The number of aliphatic hydroxyl groups excluding tert-OH is 2. The number of hydrogen-bond donors (Lipinski definition) is 15. The fraction of sp³-hybridized carbons (Fsp3) is 0.206. The van der Waals surface area contributed by atoms with Crippen molar-refractivity contribution in [2.75, 3.05) is 13.7 Å². The largest absolute Gasteiger partial charge is 0.508 e. The van der Waals surface area contributed by atoms with Crippen LogP contribution in [0.15, 0.2) is 115 Å². The Hall–Kier alpha value is -11.0. The quantitative estimate of drug-likeness (QED) is 0.101. The number of carboxylic acid groups (broad SMARTS) is 1. The molecule has 0 spiro atoms. The fourth-order valence-electron chi connectivity index (χ4n) is 10.9. The molecule has 7 aromatic carbocycles. The van der Waals surface area contributed by atoms with E-state index in [2.05, 4.69) is 31.9 Å². The second-order valence-electron chi connectivity index (χ2n) is 21.7. The number of aliphatic carboxylic acids is 1. The first-order chi connectivity index (χ1) is 44.4. The maximum atomic E-state index is 16.0. The van der Waals surface area contributed by atoms with Crippen molar-refractivity contribution < 1.29 is 103 Å². The van der Waals surface area contributed by atoms with Crippen LogP contribution in [-0.2, 0) is 49.5 Å². The molecule has 6 aliphatic rings. The van der Waals surface area contributed by atoms with Gasteiger partial charge >= 0.3 is 11.9 Å². The van der Waals surface area contributed by atoms with E-state index >= 15 is 19.2 Å². The van der Waals surface area contributed by atoms with Crippen molar-refractivity contribution in [2.24, 2.45) is 5.73 Å². The Kier molecular flexibility index (Phi) is 17.5. The van der Waals surface area contributed by atoms with Crippen molar-refractivity contribution in [3.63, 3.8) is 0 Å². The van der Waals surface area contributed by atoms with Gasteiger partial charge in [0.15, 0.2) is 35.1 Å². The SMILES string of the molecule is COC(=O)[C@@H]1NC(=O)[C@H]2NC(=O)[C@H](NC(=O)[C@@H]3NC(=O)[C@H]4NC(=O)[C@@H](Cc5ccc(c(Cl)c5)Oc5cc3cc(c5OC(CCO)C(=O)O)Oc3ccc(cc3Cl)[C@H]2O)NC(=O)[C@H](N)c2ccc(O)c(c2)Oc2cc(O)cc4c2)c2ccc(O)c(c2)-c2c(O)cc(O)cc21. The first-order valence-electron chi connectivity index (χ1n) is 28.1. The van der Waals surface area contributed by atoms with Gasteiger partial charge in [0.1, 0.15) is 82.6 Å². The van der Waals surface area contributed by atoms with Gasteiger partial charge in [0.25, 0.3) is 0 Å². The molecule has 1 unspecified atom stereocenters. The number of hydrogen-bond acceptors (Lipinski definition) is 21. The summed E-state index contributed by atoms with van der Waals surface area (Å²) in [5.41, 5.74) is 4.39. The Labute approximate surface area is 534 Å². The number of ether oxygens (including phenoxy) is 5. The molecule has 0 radical (unpaired) electrons. The van der Waals surface area contributed by atoms with E-state index in [1.807, 2.05) is 0 Å². The number of phenolic OH excluding ortho intramolecular Hbond substituents is 5. The predicted molar refractivity (Wildman–Crippen MR) is 321 cm³/mol. The van der Waals surface area contributed by atoms with E-state index < -0.39 is 184 Å². The van der Waals surface area contributed by atoms with Crippen molar-refractivity contribution in [1.29, 1.82) is 0 Å². The number of benzene rings is 7. The monoisotopic (exact) mass is 1310 g/mol. The first-order valence-corrected chi connectivity index (χ1v) is 28.8. The molecule has 9 atom stereocenters. The summed E-state index contributed by atoms with van der Waals surface area (Å²) in [6.07, 6.45) is -5.02. The van der Waals surface area contributed by atoms with Crippen LogP contribution in [-0.4, -0.2) is 120 Å². The third-order valence-corrected chi connectivity index (χ3v) is 16.1. The van der Waals surface area contributed by atoms with Crippen LogP contribution in [0.2, 0.25) is 10.0 Å². The molecule has 17 bridgehead atoms. The van der Waals surface area contributed by atoms with Crippen LogP contribution >= 0.6 is 23.2 Å². The summed E-state index contributed by atoms with van der Waals surface area (Å²) in [6, 6.07) is 7.84. The Morgan fingerprint density at radius 1 is 0.581 bits per heavy atom. The van der Waals surface area contributed by atoms with Crippen molar-refractivity contribution >= 4 is 70.6 Å². The Balaban J connectivity index is 1.18. The summed E-state index contributed by atoms with van der Waals surface area (Å²) in [4.78, 5) is 118. The number of aromatic hydroxyl groups is 5. The minimum atomic E-state index is -2.27. The van der Waals surface area contributed by atoms with Gasteiger partial charge in [0, 0.05) is 48.3 Å². The smallest absolute Gasteiger partial charge is 0.344 e. The molecule has 7 aromatic rings. The third kappa shape index (κ3) is 12.9. The van der Waals surface area contributed by atoms with Crippen molar-refractivity contribution in [3.8, 4) is 80.1 Å². The predicted octanol–water partition coefficient (Wildman–Crippen LogP) is 4.58. The van der Waals surface area contributed by atoms with Crippen molar-refractivity contribution in [3.05, 3.63) is 164 Å². The second-order valence-corrected chi connectivity index (χ2v) is 22.5. The molecule has 6 amide bonds. The van der Waals surface area contributed by atoms with Gasteiger partial charge in [-0.1, -0.05) is 47.5 Å². The van der Waals surface area contributed by atoms with Gasteiger partial charge in [-0.15, -0.1) is 0 Å². The molecule has 30 heteroatoms. The lowest BCUT2D eigenvalue weighted by molar-refractivity contribution is -0.146. The molecule has 0 saturated carbocycles. The van der Waals surface area contributed by atoms with Crippen LogP contribution in [0.4, 0.5) is 0 Å². The minimum Gasteiger partial charge on any atom is -0.508 e. The molecule has 6 aliphatic heterocycles. The molecule has 0 saturated heterocycles. The molecule has 6 heterocycles. The Morgan fingerprint density at radius 3 is 1.83 bits per heavy atom. The van der Waals surface area contributed by atoms with Crippen LogP contribution in [0.3, 0.4) is 0 Å². The number of halogens is 2. The number of esters is 1. The van der Waals surface area contributed by atoms with Gasteiger partial charge in [-0.05, 0) is 112 Å². The van der Waals surface area contributed by atoms with Crippen LogP contribution in [0.5, 0.6) is 69.0 Å². The van der Waals surface area contributed by atoms with Crippen LogP contribution in [0.1, 0.15) is 81.7 Å². The van der Waals surface area contributed by atoms with Gasteiger partial charge in [0.05, 0.1) is 17.2 Å². The zero-order chi connectivity index (χ0) is 66.4. The molecule has 480 valence electrons. The normalized spacial score (nSPS) is 21.4. The number of carbonyl (C=O) groups is 8.